The van der Waals surface area contributed by atoms with Crippen LogP contribution in [0, 0.1) is 17.2 Å². The second kappa shape index (κ2) is 6.60. The van der Waals surface area contributed by atoms with E-state index in [2.05, 4.69) is 11.4 Å². The average molecular weight is 320 g/mol. The smallest absolute Gasteiger partial charge is 0.404 e. The highest BCUT2D eigenvalue weighted by atomic mass is 19.1. The number of anilines is 1. The number of carboxylic acid groups (broad SMARTS) is 1. The maximum Gasteiger partial charge on any atom is 0.404 e. The molecule has 2 rings (SSSR count). The fraction of sp³-hybridized carbons (Fsp3) is 0.500. The highest BCUT2D eigenvalue weighted by Gasteiger charge is 2.34. The number of benzene rings is 1. The summed E-state index contributed by atoms with van der Waals surface area (Å²) >= 11 is 0. The van der Waals surface area contributed by atoms with Gasteiger partial charge in [-0.15, -0.1) is 0 Å². The van der Waals surface area contributed by atoms with E-state index in [0.29, 0.717) is 5.69 Å². The first-order valence-corrected chi connectivity index (χ1v) is 7.92. The summed E-state index contributed by atoms with van der Waals surface area (Å²) in [4.78, 5) is 11.1. The van der Waals surface area contributed by atoms with E-state index in [-0.39, 0.29) is 23.2 Å². The van der Waals surface area contributed by atoms with Gasteiger partial charge in [-0.3, -0.25) is 0 Å². The van der Waals surface area contributed by atoms with Crippen molar-refractivity contribution in [1.82, 2.24) is 5.32 Å². The van der Waals surface area contributed by atoms with Crippen molar-refractivity contribution < 1.29 is 14.3 Å². The van der Waals surface area contributed by atoms with Crippen LogP contribution in [0.25, 0.3) is 5.57 Å². The molecule has 0 fully saturated rings. The van der Waals surface area contributed by atoms with Gasteiger partial charge < -0.3 is 16.2 Å². The number of amides is 1. The zero-order valence-electron chi connectivity index (χ0n) is 13.9. The first-order chi connectivity index (χ1) is 10.7. The minimum absolute atomic E-state index is 0.123. The predicted octanol–water partition coefficient (Wildman–Crippen LogP) is 4.27. The second-order valence-corrected chi connectivity index (χ2v) is 7.29. The van der Waals surface area contributed by atoms with Crippen molar-refractivity contribution in [2.45, 2.75) is 46.1 Å². The summed E-state index contributed by atoms with van der Waals surface area (Å²) in [5.41, 5.74) is 8.16. The first kappa shape index (κ1) is 17.3. The van der Waals surface area contributed by atoms with Crippen LogP contribution in [-0.4, -0.2) is 17.2 Å². The monoisotopic (exact) mass is 320 g/mol. The Morgan fingerprint density at radius 3 is 2.65 bits per heavy atom. The van der Waals surface area contributed by atoms with Crippen LogP contribution in [0.15, 0.2) is 24.3 Å². The number of rotatable bonds is 3. The van der Waals surface area contributed by atoms with Gasteiger partial charge in [0.2, 0.25) is 0 Å². The van der Waals surface area contributed by atoms with Gasteiger partial charge >= 0.3 is 6.09 Å². The number of hydrogen-bond acceptors (Lipinski definition) is 2. The molecule has 1 aliphatic rings. The van der Waals surface area contributed by atoms with Crippen molar-refractivity contribution in [3.63, 3.8) is 0 Å². The molecule has 0 aromatic heterocycles. The number of halogens is 1. The molecule has 1 aliphatic carbocycles. The molecule has 0 radical (unpaired) electrons. The Morgan fingerprint density at radius 1 is 1.43 bits per heavy atom. The summed E-state index contributed by atoms with van der Waals surface area (Å²) in [7, 11) is 0. The van der Waals surface area contributed by atoms with Crippen LogP contribution in [0.1, 0.15) is 45.6 Å². The van der Waals surface area contributed by atoms with Crippen molar-refractivity contribution in [2.24, 2.45) is 11.3 Å². The standard InChI is InChI=1S/C18H25FN2O2/c1-18(2,3)16(21-17(22)23)12-6-4-11(5-7-12)14-10-13(19)8-9-15(14)20/h4,8-10,12,16,21H,5-7,20H2,1-3H3,(H,22,23). The van der Waals surface area contributed by atoms with E-state index in [4.69, 9.17) is 10.8 Å². The molecular weight excluding hydrogens is 295 g/mol. The molecule has 0 spiro atoms. The Kier molecular flexibility index (Phi) is 4.97. The first-order valence-electron chi connectivity index (χ1n) is 7.92. The number of hydrogen-bond donors (Lipinski definition) is 3. The number of carbonyl (C=O) groups is 1. The lowest BCUT2D eigenvalue weighted by atomic mass is 9.73. The summed E-state index contributed by atoms with van der Waals surface area (Å²) < 4.78 is 13.4. The summed E-state index contributed by atoms with van der Waals surface area (Å²) in [5, 5.41) is 11.8. The molecule has 1 aromatic carbocycles. The van der Waals surface area contributed by atoms with Crippen molar-refractivity contribution in [1.29, 1.82) is 0 Å². The molecule has 2 unspecified atom stereocenters. The third-order valence-electron chi connectivity index (χ3n) is 4.50. The van der Waals surface area contributed by atoms with Crippen LogP contribution >= 0.6 is 0 Å². The molecule has 2 atom stereocenters. The van der Waals surface area contributed by atoms with E-state index in [1.54, 1.807) is 6.07 Å². The largest absolute Gasteiger partial charge is 0.465 e. The minimum atomic E-state index is -0.992. The number of allylic oxidation sites excluding steroid dienone is 2. The molecule has 0 saturated carbocycles. The van der Waals surface area contributed by atoms with E-state index in [0.717, 1.165) is 30.4 Å². The Balaban J connectivity index is 2.19. The number of nitrogens with two attached hydrogens (primary N) is 1. The molecule has 23 heavy (non-hydrogen) atoms. The lowest BCUT2D eigenvalue weighted by Crippen LogP contribution is -2.48. The molecule has 126 valence electrons. The molecular formula is C18H25FN2O2. The molecule has 0 heterocycles. The van der Waals surface area contributed by atoms with Gasteiger partial charge in [-0.25, -0.2) is 9.18 Å². The zero-order chi connectivity index (χ0) is 17.2. The van der Waals surface area contributed by atoms with E-state index in [1.165, 1.54) is 12.1 Å². The molecule has 0 saturated heterocycles. The molecule has 1 aromatic rings. The van der Waals surface area contributed by atoms with Gasteiger partial charge in [0.05, 0.1) is 0 Å². The Labute approximate surface area is 136 Å². The summed E-state index contributed by atoms with van der Waals surface area (Å²) in [6.07, 6.45) is 3.46. The van der Waals surface area contributed by atoms with Gasteiger partial charge in [0.25, 0.3) is 0 Å². The van der Waals surface area contributed by atoms with E-state index >= 15 is 0 Å². The fourth-order valence-electron chi connectivity index (χ4n) is 3.38. The quantitative estimate of drug-likeness (QED) is 0.728. The topological polar surface area (TPSA) is 75.3 Å². The van der Waals surface area contributed by atoms with Crippen LogP contribution in [0.5, 0.6) is 0 Å². The highest BCUT2D eigenvalue weighted by molar-refractivity contribution is 5.75. The minimum Gasteiger partial charge on any atom is -0.465 e. The molecule has 5 heteroatoms. The molecule has 0 bridgehead atoms. The van der Waals surface area contributed by atoms with Gasteiger partial charge in [0, 0.05) is 17.3 Å². The lowest BCUT2D eigenvalue weighted by molar-refractivity contribution is 0.149. The van der Waals surface area contributed by atoms with Crippen LogP contribution in [0.4, 0.5) is 14.9 Å². The van der Waals surface area contributed by atoms with Crippen molar-refractivity contribution in [3.8, 4) is 0 Å². The van der Waals surface area contributed by atoms with Crippen molar-refractivity contribution in [2.75, 3.05) is 5.73 Å². The highest BCUT2D eigenvalue weighted by Crippen LogP contribution is 2.38. The predicted molar refractivity (Wildman–Crippen MR) is 90.5 cm³/mol. The number of nitrogen functional groups attached to an aromatic ring is 1. The Morgan fingerprint density at radius 2 is 2.13 bits per heavy atom. The Bertz CT molecular complexity index is 620. The van der Waals surface area contributed by atoms with Crippen molar-refractivity contribution >= 4 is 17.4 Å². The average Bonchev–Trinajstić information content (AvgIpc) is 2.46. The fourth-order valence-corrected chi connectivity index (χ4v) is 3.38. The van der Waals surface area contributed by atoms with Gasteiger partial charge in [-0.05, 0) is 54.4 Å². The van der Waals surface area contributed by atoms with Crippen LogP contribution in [0.2, 0.25) is 0 Å². The van der Waals surface area contributed by atoms with E-state index < -0.39 is 6.09 Å². The van der Waals surface area contributed by atoms with E-state index in [9.17, 15) is 9.18 Å². The van der Waals surface area contributed by atoms with Gasteiger partial charge in [-0.2, -0.15) is 0 Å². The Hall–Kier alpha value is -2.04. The van der Waals surface area contributed by atoms with Crippen LogP contribution in [-0.2, 0) is 0 Å². The van der Waals surface area contributed by atoms with Crippen LogP contribution < -0.4 is 11.1 Å². The maximum atomic E-state index is 13.4. The summed E-state index contributed by atoms with van der Waals surface area (Å²) in [5.74, 6) is -0.0676. The molecule has 0 aliphatic heterocycles. The van der Waals surface area contributed by atoms with Crippen molar-refractivity contribution in [3.05, 3.63) is 35.7 Å². The van der Waals surface area contributed by atoms with E-state index in [1.807, 2.05) is 20.8 Å². The molecule has 4 N–H and O–H groups in total. The zero-order valence-corrected chi connectivity index (χ0v) is 13.9. The summed E-state index contributed by atoms with van der Waals surface area (Å²) in [6, 6.07) is 4.29. The SMILES string of the molecule is CC(C)(C)C(NC(=O)O)C1CC=C(c2cc(F)ccc2N)CC1. The number of nitrogens with one attached hydrogen (secondary N) is 1. The third kappa shape index (κ3) is 4.24. The normalized spacial score (nSPS) is 19.8. The molecule has 1 amide bonds. The van der Waals surface area contributed by atoms with Gasteiger partial charge in [0.15, 0.2) is 0 Å². The third-order valence-corrected chi connectivity index (χ3v) is 4.50. The summed E-state index contributed by atoms with van der Waals surface area (Å²) in [6.45, 7) is 6.12. The molecule has 4 nitrogen and oxygen atoms in total. The second-order valence-electron chi connectivity index (χ2n) is 7.29. The maximum absolute atomic E-state index is 13.4. The van der Waals surface area contributed by atoms with Crippen LogP contribution in [0.3, 0.4) is 0 Å². The lowest BCUT2D eigenvalue weighted by Gasteiger charge is -2.38. The van der Waals surface area contributed by atoms with Gasteiger partial charge in [-0.1, -0.05) is 26.8 Å². The van der Waals surface area contributed by atoms with Gasteiger partial charge in [0.1, 0.15) is 5.82 Å².